The first-order valence-corrected chi connectivity index (χ1v) is 8.58. The van der Waals surface area contributed by atoms with Crippen molar-refractivity contribution >= 4 is 26.0 Å². The summed E-state index contributed by atoms with van der Waals surface area (Å²) >= 11 is 3.27. The lowest BCUT2D eigenvalue weighted by molar-refractivity contribution is 0.0638. The Kier molecular flexibility index (Phi) is 4.66. The van der Waals surface area contributed by atoms with Crippen LogP contribution in [0.2, 0.25) is 0 Å². The van der Waals surface area contributed by atoms with Gasteiger partial charge in [-0.2, -0.15) is 4.31 Å². The van der Waals surface area contributed by atoms with Crippen molar-refractivity contribution in [1.29, 1.82) is 0 Å². The van der Waals surface area contributed by atoms with E-state index in [0.717, 1.165) is 12.8 Å². The average Bonchev–Trinajstić information content (AvgIpc) is 2.39. The van der Waals surface area contributed by atoms with Crippen LogP contribution in [0.15, 0.2) is 33.6 Å². The van der Waals surface area contributed by atoms with Gasteiger partial charge in [0.05, 0.1) is 17.0 Å². The molecule has 19 heavy (non-hydrogen) atoms. The molecule has 0 radical (unpaired) electrons. The predicted octanol–water partition coefficient (Wildman–Crippen LogP) is 2.37. The Hall–Kier alpha value is -0.430. The van der Waals surface area contributed by atoms with Gasteiger partial charge in [0.1, 0.15) is 0 Å². The van der Waals surface area contributed by atoms with Crippen LogP contribution < -0.4 is 0 Å². The molecule has 2 atom stereocenters. The zero-order valence-electron chi connectivity index (χ0n) is 10.8. The molecule has 0 heterocycles. The highest BCUT2D eigenvalue weighted by atomic mass is 79.9. The second-order valence-electron chi connectivity index (χ2n) is 4.87. The molecule has 1 aromatic rings. The highest BCUT2D eigenvalue weighted by Gasteiger charge is 2.34. The average molecular weight is 348 g/mol. The zero-order valence-corrected chi connectivity index (χ0v) is 13.2. The minimum Gasteiger partial charge on any atom is -0.391 e. The maximum atomic E-state index is 12.6. The first-order valence-electron chi connectivity index (χ1n) is 6.35. The van der Waals surface area contributed by atoms with Gasteiger partial charge in [-0.25, -0.2) is 8.42 Å². The summed E-state index contributed by atoms with van der Waals surface area (Å²) in [5.41, 5.74) is 0. The molecule has 4 nitrogen and oxygen atoms in total. The van der Waals surface area contributed by atoms with E-state index in [-0.39, 0.29) is 10.9 Å². The molecular weight excluding hydrogens is 330 g/mol. The first kappa shape index (κ1) is 15.0. The van der Waals surface area contributed by atoms with Crippen molar-refractivity contribution in [3.05, 3.63) is 28.7 Å². The van der Waals surface area contributed by atoms with Gasteiger partial charge < -0.3 is 5.11 Å². The summed E-state index contributed by atoms with van der Waals surface area (Å²) in [6.45, 7) is 0. The van der Waals surface area contributed by atoms with Gasteiger partial charge in [0.2, 0.25) is 10.0 Å². The molecule has 2 unspecified atom stereocenters. The van der Waals surface area contributed by atoms with Crippen LogP contribution in [-0.4, -0.2) is 37.0 Å². The molecule has 6 heteroatoms. The van der Waals surface area contributed by atoms with Crippen LogP contribution in [-0.2, 0) is 10.0 Å². The van der Waals surface area contributed by atoms with Crippen molar-refractivity contribution in [2.75, 3.05) is 7.05 Å². The van der Waals surface area contributed by atoms with E-state index in [1.54, 1.807) is 31.3 Å². The zero-order chi connectivity index (χ0) is 14.0. The second kappa shape index (κ2) is 5.91. The minimum absolute atomic E-state index is 0.246. The van der Waals surface area contributed by atoms with Gasteiger partial charge in [-0.05, 0) is 40.9 Å². The van der Waals surface area contributed by atoms with E-state index in [4.69, 9.17) is 0 Å². The largest absolute Gasteiger partial charge is 0.391 e. The number of sulfonamides is 1. The number of hydrogen-bond donors (Lipinski definition) is 1. The maximum Gasteiger partial charge on any atom is 0.244 e. The third kappa shape index (κ3) is 3.02. The smallest absolute Gasteiger partial charge is 0.244 e. The number of halogens is 1. The van der Waals surface area contributed by atoms with Crippen molar-refractivity contribution in [3.63, 3.8) is 0 Å². The van der Waals surface area contributed by atoms with E-state index < -0.39 is 16.1 Å². The van der Waals surface area contributed by atoms with Gasteiger partial charge in [0.15, 0.2) is 0 Å². The van der Waals surface area contributed by atoms with Crippen molar-refractivity contribution in [1.82, 2.24) is 4.31 Å². The van der Waals surface area contributed by atoms with Gasteiger partial charge >= 0.3 is 0 Å². The Labute approximate surface area is 122 Å². The van der Waals surface area contributed by atoms with Gasteiger partial charge in [0, 0.05) is 11.5 Å². The van der Waals surface area contributed by atoms with Crippen molar-refractivity contribution in [3.8, 4) is 0 Å². The Bertz CT molecular complexity index is 547. The second-order valence-corrected chi connectivity index (χ2v) is 7.69. The Morgan fingerprint density at radius 3 is 2.53 bits per heavy atom. The van der Waals surface area contributed by atoms with E-state index >= 15 is 0 Å². The monoisotopic (exact) mass is 347 g/mol. The lowest BCUT2D eigenvalue weighted by atomic mass is 9.93. The summed E-state index contributed by atoms with van der Waals surface area (Å²) in [5.74, 6) is 0. The molecule has 0 spiro atoms. The molecule has 0 bridgehead atoms. The quantitative estimate of drug-likeness (QED) is 0.913. The van der Waals surface area contributed by atoms with Gasteiger partial charge in [-0.3, -0.25) is 0 Å². The fourth-order valence-corrected chi connectivity index (χ4v) is 4.88. The lowest BCUT2D eigenvalue weighted by Gasteiger charge is -2.34. The standard InChI is InChI=1S/C13H18BrNO3S/c1-15(11-7-3-4-8-12(11)16)19(17,18)13-9-5-2-6-10(13)14/h2,5-6,9,11-12,16H,3-4,7-8H2,1H3. The highest BCUT2D eigenvalue weighted by Crippen LogP contribution is 2.29. The molecule has 1 fully saturated rings. The first-order chi connectivity index (χ1) is 8.94. The van der Waals surface area contributed by atoms with Crippen LogP contribution in [0.5, 0.6) is 0 Å². The Balaban J connectivity index is 2.31. The highest BCUT2D eigenvalue weighted by molar-refractivity contribution is 9.10. The molecule has 0 aromatic heterocycles. The summed E-state index contributed by atoms with van der Waals surface area (Å²) in [6, 6.07) is 6.43. The minimum atomic E-state index is -3.58. The predicted molar refractivity (Wildman–Crippen MR) is 77.4 cm³/mol. The molecule has 106 valence electrons. The lowest BCUT2D eigenvalue weighted by Crippen LogP contribution is -2.46. The maximum absolute atomic E-state index is 12.6. The number of aliphatic hydroxyl groups is 1. The number of hydrogen-bond acceptors (Lipinski definition) is 3. The van der Waals surface area contributed by atoms with Crippen molar-refractivity contribution < 1.29 is 13.5 Å². The number of aliphatic hydroxyl groups excluding tert-OH is 1. The SMILES string of the molecule is CN(C1CCCCC1O)S(=O)(=O)c1ccccc1Br. The number of benzene rings is 1. The molecule has 1 N–H and O–H groups in total. The topological polar surface area (TPSA) is 57.6 Å². The molecule has 1 saturated carbocycles. The number of nitrogens with zero attached hydrogens (tertiary/aromatic N) is 1. The van der Waals surface area contributed by atoms with E-state index in [9.17, 15) is 13.5 Å². The summed E-state index contributed by atoms with van der Waals surface area (Å²) < 4.78 is 27.0. The molecule has 0 saturated heterocycles. The van der Waals surface area contributed by atoms with E-state index in [2.05, 4.69) is 15.9 Å². The number of rotatable bonds is 3. The van der Waals surface area contributed by atoms with Crippen LogP contribution in [0.25, 0.3) is 0 Å². The fourth-order valence-electron chi connectivity index (χ4n) is 2.50. The Morgan fingerprint density at radius 2 is 1.89 bits per heavy atom. The summed E-state index contributed by atoms with van der Waals surface area (Å²) in [5, 5.41) is 10.0. The van der Waals surface area contributed by atoms with E-state index in [0.29, 0.717) is 17.3 Å². The van der Waals surface area contributed by atoms with Crippen LogP contribution in [0.4, 0.5) is 0 Å². The van der Waals surface area contributed by atoms with E-state index in [1.165, 1.54) is 4.31 Å². The Morgan fingerprint density at radius 1 is 1.26 bits per heavy atom. The molecule has 0 aliphatic heterocycles. The molecule has 1 aliphatic carbocycles. The third-order valence-electron chi connectivity index (χ3n) is 3.65. The fraction of sp³-hybridized carbons (Fsp3) is 0.538. The van der Waals surface area contributed by atoms with Crippen LogP contribution in [0.1, 0.15) is 25.7 Å². The summed E-state index contributed by atoms with van der Waals surface area (Å²) in [6.07, 6.45) is 2.72. The van der Waals surface area contributed by atoms with Gasteiger partial charge in [-0.1, -0.05) is 25.0 Å². The van der Waals surface area contributed by atoms with Crippen LogP contribution in [0.3, 0.4) is 0 Å². The normalized spacial score (nSPS) is 24.6. The van der Waals surface area contributed by atoms with Gasteiger partial charge in [-0.15, -0.1) is 0 Å². The molecular formula is C13H18BrNO3S. The van der Waals surface area contributed by atoms with Crippen LogP contribution in [0, 0.1) is 0 Å². The summed E-state index contributed by atoms with van der Waals surface area (Å²) in [7, 11) is -2.03. The molecule has 2 rings (SSSR count). The number of likely N-dealkylation sites (N-methyl/N-ethyl adjacent to an activating group) is 1. The molecule has 0 amide bonds. The van der Waals surface area contributed by atoms with E-state index in [1.807, 2.05) is 0 Å². The van der Waals surface area contributed by atoms with Crippen molar-refractivity contribution in [2.24, 2.45) is 0 Å². The molecule has 1 aliphatic rings. The third-order valence-corrected chi connectivity index (χ3v) is 6.55. The molecule has 1 aromatic carbocycles. The van der Waals surface area contributed by atoms with Crippen LogP contribution >= 0.6 is 15.9 Å². The van der Waals surface area contributed by atoms with Gasteiger partial charge in [0.25, 0.3) is 0 Å². The summed E-state index contributed by atoms with van der Waals surface area (Å²) in [4.78, 5) is 0.246. The van der Waals surface area contributed by atoms with Crippen molar-refractivity contribution in [2.45, 2.75) is 42.7 Å².